The van der Waals surface area contributed by atoms with E-state index in [9.17, 15) is 9.59 Å². The van der Waals surface area contributed by atoms with Crippen LogP contribution < -0.4 is 10.1 Å². The van der Waals surface area contributed by atoms with Crippen LogP contribution in [0.3, 0.4) is 0 Å². The number of hydrogen-bond donors (Lipinski definition) is 2. The predicted octanol–water partition coefficient (Wildman–Crippen LogP) is 1.99. The van der Waals surface area contributed by atoms with Gasteiger partial charge < -0.3 is 15.2 Å². The Hall–Kier alpha value is -1.93. The van der Waals surface area contributed by atoms with Crippen LogP contribution in [0.4, 0.5) is 0 Å². The lowest BCUT2D eigenvalue weighted by Crippen LogP contribution is -2.30. The molecule has 0 bridgehead atoms. The summed E-state index contributed by atoms with van der Waals surface area (Å²) in [6.45, 7) is 1.84. The number of likely N-dealkylation sites (N-methyl/N-ethyl adjacent to an activating group) is 1. The molecule has 116 valence electrons. The SMILES string of the molecule is CCN1C(=O)/C(=C\c2cc(Br)ccc2OCC(=O)O)NC1=S. The summed E-state index contributed by atoms with van der Waals surface area (Å²) in [5, 5.41) is 11.9. The molecular formula is C14H13BrN2O4S. The number of rotatable bonds is 5. The average molecular weight is 385 g/mol. The van der Waals surface area contributed by atoms with Gasteiger partial charge in [-0.3, -0.25) is 9.69 Å². The summed E-state index contributed by atoms with van der Waals surface area (Å²) in [6.07, 6.45) is 1.59. The monoisotopic (exact) mass is 384 g/mol. The molecule has 2 N–H and O–H groups in total. The minimum atomic E-state index is -1.07. The molecule has 1 aliphatic heterocycles. The second kappa shape index (κ2) is 6.89. The Bertz CT molecular complexity index is 675. The zero-order chi connectivity index (χ0) is 16.3. The van der Waals surface area contributed by atoms with Gasteiger partial charge in [0.25, 0.3) is 5.91 Å². The molecule has 1 saturated heterocycles. The quantitative estimate of drug-likeness (QED) is 0.596. The number of carbonyl (C=O) groups is 2. The van der Waals surface area contributed by atoms with E-state index >= 15 is 0 Å². The maximum absolute atomic E-state index is 12.2. The summed E-state index contributed by atoms with van der Waals surface area (Å²) >= 11 is 8.42. The van der Waals surface area contributed by atoms with E-state index < -0.39 is 12.6 Å². The Morgan fingerprint density at radius 2 is 2.27 bits per heavy atom. The predicted molar refractivity (Wildman–Crippen MR) is 88.4 cm³/mol. The van der Waals surface area contributed by atoms with Crippen molar-refractivity contribution in [3.63, 3.8) is 0 Å². The summed E-state index contributed by atoms with van der Waals surface area (Å²) in [6, 6.07) is 5.09. The van der Waals surface area contributed by atoms with E-state index in [4.69, 9.17) is 22.1 Å². The van der Waals surface area contributed by atoms with Gasteiger partial charge in [-0.25, -0.2) is 4.79 Å². The number of hydrogen-bond acceptors (Lipinski definition) is 4. The van der Waals surface area contributed by atoms with Crippen molar-refractivity contribution < 1.29 is 19.4 Å². The van der Waals surface area contributed by atoms with Crippen LogP contribution >= 0.6 is 28.1 Å². The Kier molecular flexibility index (Phi) is 5.15. The van der Waals surface area contributed by atoms with Crippen LogP contribution in [0, 0.1) is 0 Å². The molecular weight excluding hydrogens is 372 g/mol. The van der Waals surface area contributed by atoms with Crippen molar-refractivity contribution in [3.05, 3.63) is 33.9 Å². The first-order valence-corrected chi connectivity index (χ1v) is 7.61. The van der Waals surface area contributed by atoms with Crippen molar-refractivity contribution in [2.24, 2.45) is 0 Å². The van der Waals surface area contributed by atoms with Gasteiger partial charge in [0, 0.05) is 16.6 Å². The fourth-order valence-electron chi connectivity index (χ4n) is 1.92. The molecule has 0 aromatic heterocycles. The number of amides is 1. The number of thiocarbonyl (C=S) groups is 1. The number of carboxylic acid groups (broad SMARTS) is 1. The Morgan fingerprint density at radius 1 is 1.55 bits per heavy atom. The topological polar surface area (TPSA) is 78.9 Å². The lowest BCUT2D eigenvalue weighted by molar-refractivity contribution is -0.139. The van der Waals surface area contributed by atoms with Gasteiger partial charge in [-0.05, 0) is 43.4 Å². The van der Waals surface area contributed by atoms with Crippen molar-refractivity contribution in [3.8, 4) is 5.75 Å². The number of nitrogens with zero attached hydrogens (tertiary/aromatic N) is 1. The summed E-state index contributed by atoms with van der Waals surface area (Å²) in [4.78, 5) is 24.2. The number of carbonyl (C=O) groups excluding carboxylic acids is 1. The highest BCUT2D eigenvalue weighted by atomic mass is 79.9. The number of ether oxygens (including phenoxy) is 1. The Morgan fingerprint density at radius 3 is 2.86 bits per heavy atom. The molecule has 2 rings (SSSR count). The Balaban J connectivity index is 2.34. The van der Waals surface area contributed by atoms with Crippen molar-refractivity contribution in [2.75, 3.05) is 13.2 Å². The highest BCUT2D eigenvalue weighted by Gasteiger charge is 2.29. The zero-order valence-electron chi connectivity index (χ0n) is 11.6. The number of benzene rings is 1. The summed E-state index contributed by atoms with van der Waals surface area (Å²) < 4.78 is 6.01. The molecule has 6 nitrogen and oxygen atoms in total. The first kappa shape index (κ1) is 16.4. The normalized spacial score (nSPS) is 16.1. The largest absolute Gasteiger partial charge is 0.481 e. The standard InChI is InChI=1S/C14H13BrN2O4S/c1-2-17-13(20)10(16-14(17)22)6-8-5-9(15)3-4-11(8)21-7-12(18)19/h3-6H,2,7H2,1H3,(H,16,22)(H,18,19)/b10-6+. The van der Waals surface area contributed by atoms with Crippen molar-refractivity contribution >= 4 is 51.2 Å². The van der Waals surface area contributed by atoms with Crippen LogP contribution in [-0.2, 0) is 9.59 Å². The third kappa shape index (κ3) is 3.63. The molecule has 1 heterocycles. The van der Waals surface area contributed by atoms with E-state index in [0.717, 1.165) is 4.47 Å². The maximum Gasteiger partial charge on any atom is 0.341 e. The van der Waals surface area contributed by atoms with E-state index in [2.05, 4.69) is 21.2 Å². The maximum atomic E-state index is 12.2. The van der Waals surface area contributed by atoms with Gasteiger partial charge in [-0.1, -0.05) is 15.9 Å². The Labute approximate surface area is 140 Å². The van der Waals surface area contributed by atoms with E-state index in [1.165, 1.54) is 4.90 Å². The third-order valence-electron chi connectivity index (χ3n) is 2.90. The molecule has 1 aromatic rings. The summed E-state index contributed by atoms with van der Waals surface area (Å²) in [7, 11) is 0. The van der Waals surface area contributed by atoms with Gasteiger partial charge in [0.2, 0.25) is 0 Å². The molecule has 0 spiro atoms. The third-order valence-corrected chi connectivity index (χ3v) is 3.72. The first-order valence-electron chi connectivity index (χ1n) is 6.41. The molecule has 1 amide bonds. The lowest BCUT2D eigenvalue weighted by Gasteiger charge is -2.09. The van der Waals surface area contributed by atoms with Crippen molar-refractivity contribution in [2.45, 2.75) is 6.92 Å². The van der Waals surface area contributed by atoms with Crippen LogP contribution in [0.15, 0.2) is 28.4 Å². The van der Waals surface area contributed by atoms with E-state index in [1.54, 1.807) is 24.3 Å². The smallest absolute Gasteiger partial charge is 0.341 e. The van der Waals surface area contributed by atoms with Crippen LogP contribution in [-0.4, -0.2) is 40.1 Å². The molecule has 0 atom stereocenters. The van der Waals surface area contributed by atoms with Crippen molar-refractivity contribution in [1.82, 2.24) is 10.2 Å². The molecule has 1 aromatic carbocycles. The highest BCUT2D eigenvalue weighted by Crippen LogP contribution is 2.26. The van der Waals surface area contributed by atoms with Gasteiger partial charge in [0.15, 0.2) is 11.7 Å². The van der Waals surface area contributed by atoms with Gasteiger partial charge in [-0.15, -0.1) is 0 Å². The zero-order valence-corrected chi connectivity index (χ0v) is 14.0. The minimum Gasteiger partial charge on any atom is -0.481 e. The second-order valence-corrected chi connectivity index (χ2v) is 5.70. The minimum absolute atomic E-state index is 0.225. The molecule has 0 radical (unpaired) electrons. The van der Waals surface area contributed by atoms with Crippen LogP contribution in [0.5, 0.6) is 5.75 Å². The van der Waals surface area contributed by atoms with Gasteiger partial charge in [0.05, 0.1) is 0 Å². The van der Waals surface area contributed by atoms with Crippen molar-refractivity contribution in [1.29, 1.82) is 0 Å². The number of carboxylic acids is 1. The molecule has 0 saturated carbocycles. The fourth-order valence-corrected chi connectivity index (χ4v) is 2.62. The number of aliphatic carboxylic acids is 1. The fraction of sp³-hybridized carbons (Fsp3) is 0.214. The second-order valence-electron chi connectivity index (χ2n) is 4.40. The number of nitrogens with one attached hydrogen (secondary N) is 1. The van der Waals surface area contributed by atoms with E-state index in [0.29, 0.717) is 28.7 Å². The molecule has 8 heteroatoms. The van der Waals surface area contributed by atoms with Crippen LogP contribution in [0.1, 0.15) is 12.5 Å². The highest BCUT2D eigenvalue weighted by molar-refractivity contribution is 9.10. The van der Waals surface area contributed by atoms with E-state index in [1.807, 2.05) is 6.92 Å². The molecule has 0 unspecified atom stereocenters. The molecule has 1 aliphatic rings. The molecule has 1 fully saturated rings. The van der Waals surface area contributed by atoms with E-state index in [-0.39, 0.29) is 5.91 Å². The summed E-state index contributed by atoms with van der Waals surface area (Å²) in [5.74, 6) is -0.930. The number of halogens is 1. The molecule has 0 aliphatic carbocycles. The van der Waals surface area contributed by atoms with Crippen LogP contribution in [0.25, 0.3) is 6.08 Å². The van der Waals surface area contributed by atoms with Crippen LogP contribution in [0.2, 0.25) is 0 Å². The first-order chi connectivity index (χ1) is 10.4. The summed E-state index contributed by atoms with van der Waals surface area (Å²) in [5.41, 5.74) is 0.900. The molecule has 22 heavy (non-hydrogen) atoms. The van der Waals surface area contributed by atoms with Gasteiger partial charge >= 0.3 is 5.97 Å². The van der Waals surface area contributed by atoms with Gasteiger partial charge in [-0.2, -0.15) is 0 Å². The lowest BCUT2D eigenvalue weighted by atomic mass is 10.1. The van der Waals surface area contributed by atoms with Gasteiger partial charge in [0.1, 0.15) is 11.4 Å². The average Bonchev–Trinajstić information content (AvgIpc) is 2.72.